The molecule has 0 atom stereocenters. The lowest BCUT2D eigenvalue weighted by molar-refractivity contribution is -0.131. The fourth-order valence-electron chi connectivity index (χ4n) is 4.86. The van der Waals surface area contributed by atoms with E-state index < -0.39 is 0 Å². The topological polar surface area (TPSA) is 53.5 Å². The van der Waals surface area contributed by atoms with E-state index in [9.17, 15) is 9.59 Å². The monoisotopic (exact) mass is 491 g/mol. The van der Waals surface area contributed by atoms with Gasteiger partial charge in [0.05, 0.1) is 11.4 Å². The largest absolute Gasteiger partial charge is 0.342 e. The molecule has 1 saturated heterocycles. The van der Waals surface area contributed by atoms with Crippen molar-refractivity contribution in [3.8, 4) is 0 Å². The molecule has 2 amide bonds. The summed E-state index contributed by atoms with van der Waals surface area (Å²) in [6.45, 7) is 2.23. The Hall–Kier alpha value is -2.64. The summed E-state index contributed by atoms with van der Waals surface area (Å²) >= 11 is 3.29. The van der Waals surface area contributed by atoms with Crippen LogP contribution in [0.15, 0.2) is 58.8 Å². The van der Waals surface area contributed by atoms with Crippen molar-refractivity contribution in [3.05, 3.63) is 75.7 Å². The first-order chi connectivity index (χ1) is 16.6. The highest BCUT2D eigenvalue weighted by molar-refractivity contribution is 7.98. The summed E-state index contributed by atoms with van der Waals surface area (Å²) in [6.07, 6.45) is 6.29. The van der Waals surface area contributed by atoms with Crippen LogP contribution in [0.25, 0.3) is 0 Å². The molecule has 1 aromatic heterocycles. The average molecular weight is 492 g/mol. The zero-order chi connectivity index (χ0) is 23.5. The van der Waals surface area contributed by atoms with E-state index in [0.29, 0.717) is 18.0 Å². The van der Waals surface area contributed by atoms with Crippen LogP contribution in [0.5, 0.6) is 0 Å². The van der Waals surface area contributed by atoms with Crippen LogP contribution in [0.3, 0.4) is 0 Å². The maximum atomic E-state index is 13.2. The minimum Gasteiger partial charge on any atom is -0.342 e. The molecule has 0 N–H and O–H groups in total. The third kappa shape index (κ3) is 4.91. The molecule has 0 unspecified atom stereocenters. The number of piperidine rings is 1. The number of aromatic nitrogens is 1. The van der Waals surface area contributed by atoms with Crippen LogP contribution in [0.1, 0.15) is 51.8 Å². The van der Waals surface area contributed by atoms with Crippen molar-refractivity contribution in [1.29, 1.82) is 0 Å². The maximum Gasteiger partial charge on any atom is 0.277 e. The number of hydrogen-bond donors (Lipinski definition) is 0. The van der Waals surface area contributed by atoms with Crippen molar-refractivity contribution in [1.82, 2.24) is 9.88 Å². The van der Waals surface area contributed by atoms with Crippen molar-refractivity contribution < 1.29 is 9.59 Å². The van der Waals surface area contributed by atoms with Crippen molar-refractivity contribution >= 4 is 40.6 Å². The zero-order valence-electron chi connectivity index (χ0n) is 19.4. The van der Waals surface area contributed by atoms with Crippen LogP contribution in [0, 0.1) is 0 Å². The first-order valence-electron chi connectivity index (χ1n) is 11.9. The number of thioether (sulfide) groups is 1. The van der Waals surface area contributed by atoms with E-state index in [0.717, 1.165) is 61.6 Å². The second-order valence-corrected chi connectivity index (χ2v) is 10.7. The SMILES string of the molecule is CSc1ccc(CC(=O)N2CCC(c3nc(C(=O)N4CCCc5ccccc54)cs3)CC2)cc1. The van der Waals surface area contributed by atoms with Gasteiger partial charge in [-0.05, 0) is 61.3 Å². The minimum atomic E-state index is -0.00486. The highest BCUT2D eigenvalue weighted by atomic mass is 32.2. The number of carbonyl (C=O) groups is 2. The minimum absolute atomic E-state index is 0.00486. The number of anilines is 1. The molecule has 5 rings (SSSR count). The molecule has 5 nitrogen and oxygen atoms in total. The predicted octanol–water partition coefficient (Wildman–Crippen LogP) is 5.41. The molecule has 3 heterocycles. The number of para-hydroxylation sites is 1. The zero-order valence-corrected chi connectivity index (χ0v) is 21.0. The molecule has 0 radical (unpaired) electrons. The Morgan fingerprint density at radius 3 is 2.59 bits per heavy atom. The van der Waals surface area contributed by atoms with E-state index in [1.165, 1.54) is 10.5 Å². The highest BCUT2D eigenvalue weighted by Gasteiger charge is 2.29. The second-order valence-electron chi connectivity index (χ2n) is 8.94. The van der Waals surface area contributed by atoms with Crippen molar-refractivity contribution in [3.63, 3.8) is 0 Å². The lowest BCUT2D eigenvalue weighted by atomic mass is 9.97. The summed E-state index contributed by atoms with van der Waals surface area (Å²) in [5, 5.41) is 2.93. The first-order valence-corrected chi connectivity index (χ1v) is 14.0. The summed E-state index contributed by atoms with van der Waals surface area (Å²) in [5.41, 5.74) is 3.86. The van der Waals surface area contributed by atoms with Gasteiger partial charge in [-0.1, -0.05) is 30.3 Å². The van der Waals surface area contributed by atoms with Gasteiger partial charge in [-0.2, -0.15) is 0 Å². The lowest BCUT2D eigenvalue weighted by Gasteiger charge is -2.31. The molecule has 0 aliphatic carbocycles. The van der Waals surface area contributed by atoms with Crippen LogP contribution in [-0.4, -0.2) is 47.6 Å². The molecule has 2 aliphatic rings. The second kappa shape index (κ2) is 10.3. The quantitative estimate of drug-likeness (QED) is 0.448. The molecular formula is C27H29N3O2S2. The summed E-state index contributed by atoms with van der Waals surface area (Å²) in [7, 11) is 0. The predicted molar refractivity (Wildman–Crippen MR) is 139 cm³/mol. The number of amides is 2. The van der Waals surface area contributed by atoms with E-state index in [1.807, 2.05) is 45.5 Å². The van der Waals surface area contributed by atoms with Crippen LogP contribution in [-0.2, 0) is 17.6 Å². The number of benzene rings is 2. The fourth-order valence-corrected chi connectivity index (χ4v) is 6.24. The Balaban J connectivity index is 1.18. The van der Waals surface area contributed by atoms with Crippen LogP contribution >= 0.6 is 23.1 Å². The molecule has 0 saturated carbocycles. The van der Waals surface area contributed by atoms with Gasteiger partial charge in [0, 0.05) is 41.5 Å². The number of thiazole rings is 1. The molecule has 2 aromatic carbocycles. The van der Waals surface area contributed by atoms with E-state index in [-0.39, 0.29) is 11.8 Å². The summed E-state index contributed by atoms with van der Waals surface area (Å²) in [6, 6.07) is 16.4. The summed E-state index contributed by atoms with van der Waals surface area (Å²) in [4.78, 5) is 35.8. The molecule has 1 fully saturated rings. The molecule has 7 heteroatoms. The van der Waals surface area contributed by atoms with Crippen molar-refractivity contribution in [2.75, 3.05) is 30.8 Å². The molecular weight excluding hydrogens is 462 g/mol. The number of rotatable bonds is 5. The third-order valence-corrected chi connectivity index (χ3v) is 8.56. The van der Waals surface area contributed by atoms with Gasteiger partial charge in [-0.3, -0.25) is 9.59 Å². The number of aryl methyl sites for hydroxylation is 1. The normalized spacial score (nSPS) is 16.4. The average Bonchev–Trinajstić information content (AvgIpc) is 3.39. The standard InChI is InChI=1S/C27H29N3O2S2/c1-33-22-10-8-19(9-11-22)17-25(31)29-15-12-21(13-16-29)26-28-23(18-34-26)27(32)30-14-4-6-20-5-2-3-7-24(20)30/h2-3,5,7-11,18,21H,4,6,12-17H2,1H3. The first kappa shape index (κ1) is 23.1. The Kier molecular flexibility index (Phi) is 7.02. The van der Waals surface area contributed by atoms with Gasteiger partial charge in [0.2, 0.25) is 5.91 Å². The van der Waals surface area contributed by atoms with Gasteiger partial charge in [-0.15, -0.1) is 23.1 Å². The maximum absolute atomic E-state index is 13.2. The third-order valence-electron chi connectivity index (χ3n) is 6.81. The number of fused-ring (bicyclic) bond motifs is 1. The van der Waals surface area contributed by atoms with Gasteiger partial charge in [0.1, 0.15) is 5.69 Å². The van der Waals surface area contributed by atoms with E-state index >= 15 is 0 Å². The van der Waals surface area contributed by atoms with E-state index in [4.69, 9.17) is 4.98 Å². The van der Waals surface area contributed by atoms with Crippen molar-refractivity contribution in [2.24, 2.45) is 0 Å². The van der Waals surface area contributed by atoms with Gasteiger partial charge < -0.3 is 9.80 Å². The van der Waals surface area contributed by atoms with Crippen molar-refractivity contribution in [2.45, 2.75) is 42.9 Å². The molecule has 34 heavy (non-hydrogen) atoms. The van der Waals surface area contributed by atoms with Gasteiger partial charge in [0.15, 0.2) is 0 Å². The number of nitrogens with zero attached hydrogens (tertiary/aromatic N) is 3. The Labute approximate surface area is 209 Å². The Morgan fingerprint density at radius 1 is 1.06 bits per heavy atom. The molecule has 0 bridgehead atoms. The molecule has 3 aromatic rings. The Morgan fingerprint density at radius 2 is 1.82 bits per heavy atom. The van der Waals surface area contributed by atoms with Crippen LogP contribution in [0.2, 0.25) is 0 Å². The van der Waals surface area contributed by atoms with Crippen LogP contribution in [0.4, 0.5) is 5.69 Å². The highest BCUT2D eigenvalue weighted by Crippen LogP contribution is 2.32. The van der Waals surface area contributed by atoms with E-state index in [2.05, 4.69) is 24.5 Å². The number of carbonyl (C=O) groups excluding carboxylic acids is 2. The summed E-state index contributed by atoms with van der Waals surface area (Å²) in [5.74, 6) is 0.494. The smallest absolute Gasteiger partial charge is 0.277 e. The summed E-state index contributed by atoms with van der Waals surface area (Å²) < 4.78 is 0. The number of hydrogen-bond acceptors (Lipinski definition) is 5. The van der Waals surface area contributed by atoms with Gasteiger partial charge >= 0.3 is 0 Å². The molecule has 176 valence electrons. The van der Waals surface area contributed by atoms with Gasteiger partial charge in [0.25, 0.3) is 5.91 Å². The fraction of sp³-hybridized carbons (Fsp3) is 0.370. The van der Waals surface area contributed by atoms with Gasteiger partial charge in [-0.25, -0.2) is 4.98 Å². The number of likely N-dealkylation sites (tertiary alicyclic amines) is 1. The van der Waals surface area contributed by atoms with E-state index in [1.54, 1.807) is 23.1 Å². The Bertz CT molecular complexity index is 1170. The lowest BCUT2D eigenvalue weighted by Crippen LogP contribution is -2.38. The van der Waals surface area contributed by atoms with Crippen LogP contribution < -0.4 is 4.90 Å². The molecule has 2 aliphatic heterocycles. The molecule has 0 spiro atoms.